The topological polar surface area (TPSA) is 78.0 Å². The van der Waals surface area contributed by atoms with Crippen molar-refractivity contribution in [2.45, 2.75) is 25.6 Å². The van der Waals surface area contributed by atoms with Gasteiger partial charge in [0.05, 0.1) is 40.5 Å². The Morgan fingerprint density at radius 1 is 1.00 bits per heavy atom. The molecule has 0 saturated carbocycles. The molecule has 1 saturated heterocycles. The summed E-state index contributed by atoms with van der Waals surface area (Å²) in [6.45, 7) is -0.460. The first kappa shape index (κ1) is 24.9. The zero-order chi connectivity index (χ0) is 27.3. The van der Waals surface area contributed by atoms with Crippen LogP contribution in [0.3, 0.4) is 0 Å². The number of likely N-dealkylation sites (tertiary alicyclic amines) is 1. The fraction of sp³-hybridized carbons (Fsp3) is 0.286. The van der Waals surface area contributed by atoms with E-state index in [4.69, 9.17) is 0 Å². The van der Waals surface area contributed by atoms with E-state index in [2.05, 4.69) is 10.1 Å². The molecule has 0 N–H and O–H groups in total. The van der Waals surface area contributed by atoms with Gasteiger partial charge in [-0.1, -0.05) is 24.3 Å². The highest BCUT2D eigenvalue weighted by atomic mass is 19.4. The van der Waals surface area contributed by atoms with Crippen molar-refractivity contribution in [2.24, 2.45) is 13.0 Å². The van der Waals surface area contributed by atoms with Crippen molar-refractivity contribution < 1.29 is 18.0 Å². The second kappa shape index (κ2) is 9.40. The molecule has 0 aliphatic carbocycles. The lowest BCUT2D eigenvalue weighted by atomic mass is 9.97. The summed E-state index contributed by atoms with van der Waals surface area (Å²) in [5.74, 6) is -2.04. The molecule has 39 heavy (non-hydrogen) atoms. The molecule has 1 amide bonds. The Morgan fingerprint density at radius 3 is 2.49 bits per heavy atom. The molecule has 6 rings (SSSR count). The number of amides is 1. The van der Waals surface area contributed by atoms with Crippen molar-refractivity contribution in [1.29, 1.82) is 0 Å². The normalized spacial score (nSPS) is 16.3. The number of benzene rings is 2. The minimum Gasteiger partial charge on any atom is -0.341 e. The molecule has 1 fully saturated rings. The summed E-state index contributed by atoms with van der Waals surface area (Å²) in [5, 5.41) is 5.27. The number of aromatic nitrogens is 5. The van der Waals surface area contributed by atoms with Crippen molar-refractivity contribution in [3.8, 4) is 16.8 Å². The molecule has 200 valence electrons. The maximum absolute atomic E-state index is 13.6. The largest absolute Gasteiger partial charge is 0.393 e. The average Bonchev–Trinajstić information content (AvgIpc) is 3.45. The van der Waals surface area contributed by atoms with Crippen LogP contribution in [-0.2, 0) is 18.4 Å². The van der Waals surface area contributed by atoms with Gasteiger partial charge in [0.15, 0.2) is 0 Å². The van der Waals surface area contributed by atoms with Gasteiger partial charge in [-0.2, -0.15) is 18.3 Å². The third-order valence-electron chi connectivity index (χ3n) is 7.48. The summed E-state index contributed by atoms with van der Waals surface area (Å²) >= 11 is 0. The van der Waals surface area contributed by atoms with Crippen LogP contribution in [0.4, 0.5) is 13.2 Å². The molecular weight excluding hydrogens is 509 g/mol. The van der Waals surface area contributed by atoms with E-state index in [0.717, 1.165) is 22.0 Å². The zero-order valence-electron chi connectivity index (χ0n) is 21.1. The SMILES string of the molecule is Cn1ncc2c(-c3ccc(-n4c(=O)n(CC(=O)N5CCCC(C(F)(F)F)C5)c5ccccc54)cc3)cncc21. The number of piperidine rings is 1. The zero-order valence-corrected chi connectivity index (χ0v) is 21.1. The van der Waals surface area contributed by atoms with Gasteiger partial charge in [0.2, 0.25) is 5.91 Å². The first-order valence-corrected chi connectivity index (χ1v) is 12.6. The van der Waals surface area contributed by atoms with E-state index in [0.29, 0.717) is 16.7 Å². The number of aryl methyl sites for hydroxylation is 1. The standard InChI is InChI=1S/C28H25F3N6O2/c1-34-25-15-32-13-21(22(25)14-33-34)18-8-10-20(11-9-18)37-24-7-3-2-6-23(24)36(27(37)39)17-26(38)35-12-4-5-19(16-35)28(29,30)31/h2-3,6-11,13-15,19H,4-5,12,16-17H2,1H3. The summed E-state index contributed by atoms with van der Waals surface area (Å²) in [6, 6.07) is 14.5. The molecule has 3 aromatic heterocycles. The molecule has 1 aliphatic rings. The lowest BCUT2D eigenvalue weighted by molar-refractivity contribution is -0.188. The lowest BCUT2D eigenvalue weighted by Crippen LogP contribution is -2.46. The molecule has 1 atom stereocenters. The van der Waals surface area contributed by atoms with Crippen molar-refractivity contribution in [2.75, 3.05) is 13.1 Å². The molecular formula is C28H25F3N6O2. The van der Waals surface area contributed by atoms with Crippen LogP contribution < -0.4 is 5.69 Å². The number of carbonyl (C=O) groups is 1. The molecule has 11 heteroatoms. The van der Waals surface area contributed by atoms with Crippen LogP contribution in [-0.4, -0.2) is 54.0 Å². The quantitative estimate of drug-likeness (QED) is 0.339. The highest BCUT2D eigenvalue weighted by molar-refractivity contribution is 5.93. The maximum atomic E-state index is 13.6. The molecule has 1 aliphatic heterocycles. The molecule has 0 bridgehead atoms. The van der Waals surface area contributed by atoms with E-state index in [1.54, 1.807) is 47.5 Å². The number of fused-ring (bicyclic) bond motifs is 2. The van der Waals surface area contributed by atoms with Gasteiger partial charge in [0.1, 0.15) is 6.54 Å². The Balaban J connectivity index is 1.34. The summed E-state index contributed by atoms with van der Waals surface area (Å²) in [7, 11) is 1.85. The second-order valence-electron chi connectivity index (χ2n) is 9.85. The smallest absolute Gasteiger partial charge is 0.341 e. The number of hydrogen-bond acceptors (Lipinski definition) is 4. The first-order chi connectivity index (χ1) is 18.7. The molecule has 0 spiro atoms. The van der Waals surface area contributed by atoms with Gasteiger partial charge in [-0.25, -0.2) is 4.79 Å². The van der Waals surface area contributed by atoms with Crippen LogP contribution in [0.15, 0.2) is 71.9 Å². The molecule has 5 aromatic rings. The van der Waals surface area contributed by atoms with E-state index < -0.39 is 23.7 Å². The highest BCUT2D eigenvalue weighted by Gasteiger charge is 2.42. The van der Waals surface area contributed by atoms with Crippen molar-refractivity contribution in [1.82, 2.24) is 28.8 Å². The third kappa shape index (κ3) is 4.37. The predicted octanol–water partition coefficient (Wildman–Crippen LogP) is 4.54. The Morgan fingerprint density at radius 2 is 1.74 bits per heavy atom. The predicted molar refractivity (Wildman–Crippen MR) is 140 cm³/mol. The average molecular weight is 535 g/mol. The summed E-state index contributed by atoms with van der Waals surface area (Å²) in [4.78, 5) is 32.2. The van der Waals surface area contributed by atoms with E-state index in [-0.39, 0.29) is 32.5 Å². The molecule has 2 aromatic carbocycles. The van der Waals surface area contributed by atoms with Gasteiger partial charge >= 0.3 is 11.9 Å². The van der Waals surface area contributed by atoms with Crippen molar-refractivity contribution in [3.05, 3.63) is 77.6 Å². The lowest BCUT2D eigenvalue weighted by Gasteiger charge is -2.33. The first-order valence-electron chi connectivity index (χ1n) is 12.6. The fourth-order valence-electron chi connectivity index (χ4n) is 5.40. The van der Waals surface area contributed by atoms with Crippen LogP contribution in [0, 0.1) is 5.92 Å². The Labute approximate surface area is 220 Å². The third-order valence-corrected chi connectivity index (χ3v) is 7.48. The molecule has 0 radical (unpaired) electrons. The fourth-order valence-corrected chi connectivity index (χ4v) is 5.40. The van der Waals surface area contributed by atoms with Crippen LogP contribution in [0.1, 0.15) is 12.8 Å². The van der Waals surface area contributed by atoms with Crippen LogP contribution in [0.5, 0.6) is 0 Å². The van der Waals surface area contributed by atoms with Crippen LogP contribution in [0.25, 0.3) is 38.8 Å². The summed E-state index contributed by atoms with van der Waals surface area (Å²) in [5.41, 5.74) is 4.02. The Bertz CT molecular complexity index is 1750. The monoisotopic (exact) mass is 534 g/mol. The Kier molecular flexibility index (Phi) is 6.00. The molecule has 8 nitrogen and oxygen atoms in total. The van der Waals surface area contributed by atoms with E-state index in [1.807, 2.05) is 31.3 Å². The number of nitrogens with zero attached hydrogens (tertiary/aromatic N) is 6. The van der Waals surface area contributed by atoms with Gasteiger partial charge in [0, 0.05) is 37.3 Å². The highest BCUT2D eigenvalue weighted by Crippen LogP contribution is 2.33. The Hall–Kier alpha value is -4.41. The minimum absolute atomic E-state index is 0.00782. The second-order valence-corrected chi connectivity index (χ2v) is 9.85. The van der Waals surface area contributed by atoms with Gasteiger partial charge < -0.3 is 4.90 Å². The summed E-state index contributed by atoms with van der Waals surface area (Å²) in [6.07, 6.45) is 1.25. The number of hydrogen-bond donors (Lipinski definition) is 0. The van der Waals surface area contributed by atoms with Crippen molar-refractivity contribution in [3.63, 3.8) is 0 Å². The van der Waals surface area contributed by atoms with Gasteiger partial charge in [-0.05, 0) is 42.7 Å². The summed E-state index contributed by atoms with van der Waals surface area (Å²) < 4.78 is 44.4. The minimum atomic E-state index is -4.35. The van der Waals surface area contributed by atoms with Crippen molar-refractivity contribution >= 4 is 27.8 Å². The number of para-hydroxylation sites is 2. The van der Waals surface area contributed by atoms with Gasteiger partial charge in [-0.3, -0.25) is 23.6 Å². The van der Waals surface area contributed by atoms with Crippen LogP contribution >= 0.6 is 0 Å². The van der Waals surface area contributed by atoms with E-state index in [9.17, 15) is 22.8 Å². The van der Waals surface area contributed by atoms with E-state index >= 15 is 0 Å². The maximum Gasteiger partial charge on any atom is 0.393 e. The number of halogens is 3. The van der Waals surface area contributed by atoms with Crippen LogP contribution in [0.2, 0.25) is 0 Å². The number of alkyl halides is 3. The number of pyridine rings is 1. The number of imidazole rings is 1. The van der Waals surface area contributed by atoms with Gasteiger partial charge in [-0.15, -0.1) is 0 Å². The number of rotatable bonds is 4. The van der Waals surface area contributed by atoms with Gasteiger partial charge in [0.25, 0.3) is 0 Å². The molecule has 1 unspecified atom stereocenters. The van der Waals surface area contributed by atoms with E-state index in [1.165, 1.54) is 14.0 Å². The number of carbonyl (C=O) groups excluding carboxylic acids is 1. The molecule has 4 heterocycles.